The lowest BCUT2D eigenvalue weighted by atomic mass is 10.1. The molecule has 0 atom stereocenters. The molecule has 11 heteroatoms. The molecule has 3 rings (SSSR count). The number of amides is 1. The fourth-order valence-corrected chi connectivity index (χ4v) is 2.99. The maximum atomic E-state index is 12.8. The van der Waals surface area contributed by atoms with Gasteiger partial charge in [0.25, 0.3) is 0 Å². The summed E-state index contributed by atoms with van der Waals surface area (Å²) in [7, 11) is 1.62. The minimum atomic E-state index is -2.95. The Bertz CT molecular complexity index is 942. The molecule has 0 aliphatic carbocycles. The predicted octanol–water partition coefficient (Wildman–Crippen LogP) is 3.50. The van der Waals surface area contributed by atoms with Gasteiger partial charge in [0.05, 0.1) is 0 Å². The normalized spacial score (nSPS) is 12.2. The fraction of sp³-hybridized carbons (Fsp3) is 0.333. The van der Waals surface area contributed by atoms with E-state index in [1.807, 2.05) is 24.3 Å². The minimum absolute atomic E-state index is 0. The van der Waals surface area contributed by atoms with Gasteiger partial charge >= 0.3 is 6.61 Å². The summed E-state index contributed by atoms with van der Waals surface area (Å²) in [5.74, 6) is 1.25. The first-order valence-corrected chi connectivity index (χ1v) is 9.63. The van der Waals surface area contributed by atoms with Crippen LogP contribution in [0.25, 0.3) is 0 Å². The second-order valence-electron chi connectivity index (χ2n) is 6.67. The number of rotatable bonds is 8. The number of carbonyl (C=O) groups is 1. The molecule has 1 aliphatic rings. The van der Waals surface area contributed by atoms with Crippen molar-refractivity contribution in [3.8, 4) is 17.2 Å². The summed E-state index contributed by atoms with van der Waals surface area (Å²) in [6, 6.07) is 10.6. The topological polar surface area (TPSA) is 93.2 Å². The first-order chi connectivity index (χ1) is 14.9. The second kappa shape index (κ2) is 12.3. The summed E-state index contributed by atoms with van der Waals surface area (Å²) in [5, 5.41) is 8.97. The van der Waals surface area contributed by atoms with Gasteiger partial charge in [0.15, 0.2) is 17.5 Å². The zero-order chi connectivity index (χ0) is 22.2. The van der Waals surface area contributed by atoms with Crippen molar-refractivity contribution in [1.29, 1.82) is 0 Å². The maximum absolute atomic E-state index is 12.8. The minimum Gasteiger partial charge on any atom is -0.454 e. The van der Waals surface area contributed by atoms with Crippen LogP contribution in [-0.4, -0.2) is 38.9 Å². The van der Waals surface area contributed by atoms with Gasteiger partial charge in [-0.25, -0.2) is 0 Å². The number of guanidine groups is 1. The number of fused-ring (bicyclic) bond motifs is 1. The van der Waals surface area contributed by atoms with Crippen LogP contribution in [0.2, 0.25) is 0 Å². The Labute approximate surface area is 201 Å². The van der Waals surface area contributed by atoms with Gasteiger partial charge in [-0.15, -0.1) is 24.0 Å². The molecule has 8 nitrogen and oxygen atoms in total. The Morgan fingerprint density at radius 2 is 1.84 bits per heavy atom. The molecule has 32 heavy (non-hydrogen) atoms. The van der Waals surface area contributed by atoms with Gasteiger partial charge < -0.3 is 30.2 Å². The summed E-state index contributed by atoms with van der Waals surface area (Å²) in [6.45, 7) is -0.656. The third-order valence-electron chi connectivity index (χ3n) is 4.42. The molecule has 0 saturated carbocycles. The molecular formula is C21H25F2IN4O4. The van der Waals surface area contributed by atoms with Gasteiger partial charge in [-0.3, -0.25) is 9.79 Å². The number of carbonyl (C=O) groups excluding carboxylic acids is 1. The van der Waals surface area contributed by atoms with E-state index in [0.717, 1.165) is 17.7 Å². The van der Waals surface area contributed by atoms with Crippen molar-refractivity contribution in [3.05, 3.63) is 47.5 Å². The van der Waals surface area contributed by atoms with Crippen LogP contribution in [0, 0.1) is 0 Å². The molecule has 1 aliphatic heterocycles. The van der Waals surface area contributed by atoms with Crippen LogP contribution < -0.4 is 30.2 Å². The quantitative estimate of drug-likeness (QED) is 0.259. The smallest absolute Gasteiger partial charge is 0.387 e. The Kier molecular flexibility index (Phi) is 9.75. The van der Waals surface area contributed by atoms with E-state index in [1.54, 1.807) is 13.1 Å². The van der Waals surface area contributed by atoms with Gasteiger partial charge in [-0.05, 0) is 30.2 Å². The van der Waals surface area contributed by atoms with E-state index in [1.165, 1.54) is 13.0 Å². The average molecular weight is 562 g/mol. The lowest BCUT2D eigenvalue weighted by molar-refractivity contribution is -0.114. The number of hydrogen-bond donors (Lipinski definition) is 3. The maximum Gasteiger partial charge on any atom is 0.387 e. The number of nitrogens with zero attached hydrogens (tertiary/aromatic N) is 1. The first kappa shape index (κ1) is 25.4. The van der Waals surface area contributed by atoms with Crippen LogP contribution in [0.5, 0.6) is 17.2 Å². The number of halogens is 3. The Balaban J connectivity index is 0.00000363. The number of anilines is 1. The van der Waals surface area contributed by atoms with Gasteiger partial charge in [-0.1, -0.05) is 12.1 Å². The SMILES string of the molecule is CN=C(NCCc1ccc(NC(C)=O)cc1)NCc1cc2c(cc1OC(F)F)OCO2.I. The summed E-state index contributed by atoms with van der Waals surface area (Å²) >= 11 is 0. The standard InChI is InChI=1S/C21H24F2N4O4.HI/c1-13(28)27-16-5-3-14(4-6-16)7-8-25-21(24-2)26-11-15-9-18-19(30-12-29-18)10-17(15)31-20(22)23;/h3-6,9-10,20H,7-8,11-12H2,1-2H3,(H,27,28)(H2,24,25,26);1H. The Morgan fingerprint density at radius 3 is 2.47 bits per heavy atom. The lowest BCUT2D eigenvalue weighted by Gasteiger charge is -2.15. The molecule has 174 valence electrons. The highest BCUT2D eigenvalue weighted by Gasteiger charge is 2.20. The highest BCUT2D eigenvalue weighted by Crippen LogP contribution is 2.38. The highest BCUT2D eigenvalue weighted by molar-refractivity contribution is 14.0. The fourth-order valence-electron chi connectivity index (χ4n) is 2.99. The van der Waals surface area contributed by atoms with E-state index >= 15 is 0 Å². The molecular weight excluding hydrogens is 537 g/mol. The molecule has 2 aromatic rings. The van der Waals surface area contributed by atoms with E-state index < -0.39 is 6.61 Å². The molecule has 2 aromatic carbocycles. The second-order valence-corrected chi connectivity index (χ2v) is 6.67. The molecule has 1 amide bonds. The van der Waals surface area contributed by atoms with Crippen LogP contribution in [-0.2, 0) is 17.8 Å². The Hall–Kier alpha value is -2.83. The summed E-state index contributed by atoms with van der Waals surface area (Å²) in [5.41, 5.74) is 2.31. The van der Waals surface area contributed by atoms with Gasteiger partial charge in [0.1, 0.15) is 5.75 Å². The van der Waals surface area contributed by atoms with Crippen LogP contribution in [0.3, 0.4) is 0 Å². The van der Waals surface area contributed by atoms with E-state index in [9.17, 15) is 13.6 Å². The van der Waals surface area contributed by atoms with E-state index in [4.69, 9.17) is 9.47 Å². The van der Waals surface area contributed by atoms with Crippen molar-refractivity contribution in [3.63, 3.8) is 0 Å². The van der Waals surface area contributed by atoms with Crippen molar-refractivity contribution >= 4 is 41.5 Å². The average Bonchev–Trinajstić information content (AvgIpc) is 3.18. The zero-order valence-electron chi connectivity index (χ0n) is 17.6. The molecule has 3 N–H and O–H groups in total. The van der Waals surface area contributed by atoms with E-state index in [-0.39, 0.29) is 49.0 Å². The number of ether oxygens (including phenoxy) is 3. The van der Waals surface area contributed by atoms with Crippen molar-refractivity contribution < 1.29 is 27.8 Å². The first-order valence-electron chi connectivity index (χ1n) is 9.63. The summed E-state index contributed by atoms with van der Waals surface area (Å²) < 4.78 is 40.7. The number of aliphatic imine (C=N–C) groups is 1. The largest absolute Gasteiger partial charge is 0.454 e. The molecule has 1 heterocycles. The van der Waals surface area contributed by atoms with Gasteiger partial charge in [0.2, 0.25) is 12.7 Å². The van der Waals surface area contributed by atoms with Crippen molar-refractivity contribution in [2.45, 2.75) is 26.5 Å². The summed E-state index contributed by atoms with van der Waals surface area (Å²) in [6.07, 6.45) is 0.727. The zero-order valence-corrected chi connectivity index (χ0v) is 19.9. The van der Waals surface area contributed by atoms with Crippen LogP contribution in [0.4, 0.5) is 14.5 Å². The van der Waals surface area contributed by atoms with Crippen LogP contribution in [0.1, 0.15) is 18.1 Å². The third-order valence-corrected chi connectivity index (χ3v) is 4.42. The molecule has 0 aromatic heterocycles. The van der Waals surface area contributed by atoms with Crippen molar-refractivity contribution in [2.24, 2.45) is 4.99 Å². The monoisotopic (exact) mass is 562 g/mol. The molecule has 0 unspecified atom stereocenters. The molecule has 0 bridgehead atoms. The van der Waals surface area contributed by atoms with E-state index in [0.29, 0.717) is 29.6 Å². The van der Waals surface area contributed by atoms with Crippen molar-refractivity contribution in [2.75, 3.05) is 25.7 Å². The third kappa shape index (κ3) is 7.39. The number of alkyl halides is 2. The molecule has 0 saturated heterocycles. The Morgan fingerprint density at radius 1 is 1.16 bits per heavy atom. The van der Waals surface area contributed by atoms with Crippen molar-refractivity contribution in [1.82, 2.24) is 10.6 Å². The van der Waals surface area contributed by atoms with Crippen LogP contribution in [0.15, 0.2) is 41.4 Å². The number of hydrogen-bond acceptors (Lipinski definition) is 5. The number of nitrogens with one attached hydrogen (secondary N) is 3. The van der Waals surface area contributed by atoms with E-state index in [2.05, 4.69) is 25.7 Å². The van der Waals surface area contributed by atoms with Gasteiger partial charge in [0, 0.05) is 44.4 Å². The predicted molar refractivity (Wildman–Crippen MR) is 127 cm³/mol. The molecule has 0 spiro atoms. The van der Waals surface area contributed by atoms with Gasteiger partial charge in [-0.2, -0.15) is 8.78 Å². The lowest BCUT2D eigenvalue weighted by Crippen LogP contribution is -2.38. The summed E-state index contributed by atoms with van der Waals surface area (Å²) in [4.78, 5) is 15.2. The number of benzene rings is 2. The molecule has 0 fully saturated rings. The molecule has 0 radical (unpaired) electrons. The van der Waals surface area contributed by atoms with Crippen LogP contribution >= 0.6 is 24.0 Å². The highest BCUT2D eigenvalue weighted by atomic mass is 127.